The summed E-state index contributed by atoms with van der Waals surface area (Å²) in [6, 6.07) is 4.27. The Hall–Kier alpha value is -0.740. The van der Waals surface area contributed by atoms with Crippen LogP contribution in [0, 0.1) is 0 Å². The first-order chi connectivity index (χ1) is 7.33. The highest BCUT2D eigenvalue weighted by Crippen LogP contribution is 2.23. The zero-order valence-electron chi connectivity index (χ0n) is 8.88. The lowest BCUT2D eigenvalue weighted by Gasteiger charge is -2.12. The van der Waals surface area contributed by atoms with E-state index >= 15 is 0 Å². The molecule has 2 rings (SSSR count). The molecule has 0 aliphatic heterocycles. The maximum atomic E-state index is 4.34. The quantitative estimate of drug-likeness (QED) is 0.812. The van der Waals surface area contributed by atoms with Crippen LogP contribution >= 0.6 is 23.1 Å². The molecule has 15 heavy (non-hydrogen) atoms. The van der Waals surface area contributed by atoms with Gasteiger partial charge in [-0.2, -0.15) is 11.8 Å². The molecule has 2 aromatic rings. The second kappa shape index (κ2) is 4.86. The van der Waals surface area contributed by atoms with Gasteiger partial charge in [0.25, 0.3) is 0 Å². The second-order valence-electron chi connectivity index (χ2n) is 3.47. The minimum Gasteiger partial charge on any atom is -0.297 e. The topological polar surface area (TPSA) is 17.8 Å². The van der Waals surface area contributed by atoms with Crippen LogP contribution in [-0.4, -0.2) is 21.6 Å². The third-order valence-corrected chi connectivity index (χ3v) is 3.93. The Bertz CT molecular complexity index is 406. The minimum atomic E-state index is 0.568. The molecule has 0 bridgehead atoms. The molecule has 1 atom stereocenters. The van der Waals surface area contributed by atoms with Crippen LogP contribution in [0.1, 0.15) is 18.5 Å². The zero-order valence-corrected chi connectivity index (χ0v) is 10.5. The second-order valence-corrected chi connectivity index (χ2v) is 5.26. The predicted molar refractivity (Wildman–Crippen MR) is 68.2 cm³/mol. The summed E-state index contributed by atoms with van der Waals surface area (Å²) in [6.45, 7) is 2.26. The van der Waals surface area contributed by atoms with E-state index in [1.807, 2.05) is 23.3 Å². The van der Waals surface area contributed by atoms with Crippen LogP contribution in [0.5, 0.6) is 0 Å². The van der Waals surface area contributed by atoms with E-state index in [1.54, 1.807) is 11.3 Å². The molecule has 4 heteroatoms. The lowest BCUT2D eigenvalue weighted by atomic mass is 10.1. The van der Waals surface area contributed by atoms with E-state index in [0.717, 1.165) is 10.9 Å². The smallest absolute Gasteiger partial charge is 0.193 e. The van der Waals surface area contributed by atoms with E-state index in [4.69, 9.17) is 0 Å². The summed E-state index contributed by atoms with van der Waals surface area (Å²) in [5.74, 6) is 1.72. The van der Waals surface area contributed by atoms with Crippen molar-refractivity contribution in [2.45, 2.75) is 12.8 Å². The van der Waals surface area contributed by atoms with Crippen LogP contribution < -0.4 is 0 Å². The molecular formula is C11H14N2S2. The number of nitrogens with zero attached hydrogens (tertiary/aromatic N) is 2. The van der Waals surface area contributed by atoms with Crippen LogP contribution in [0.25, 0.3) is 5.13 Å². The van der Waals surface area contributed by atoms with Crippen molar-refractivity contribution in [3.8, 4) is 5.13 Å². The van der Waals surface area contributed by atoms with E-state index in [2.05, 4.69) is 41.1 Å². The standard InChI is InChI=1S/C11H14N2S2/c1-9(8-14-2)10-4-3-6-13(10)11-12-5-7-15-11/h3-7,9H,8H2,1-2H3. The average Bonchev–Trinajstić information content (AvgIpc) is 2.88. The third-order valence-electron chi connectivity index (χ3n) is 2.33. The molecule has 0 aliphatic carbocycles. The summed E-state index contributed by atoms with van der Waals surface area (Å²) in [5.41, 5.74) is 1.35. The van der Waals surface area contributed by atoms with Gasteiger partial charge in [0.2, 0.25) is 0 Å². The van der Waals surface area contributed by atoms with Gasteiger partial charge in [-0.3, -0.25) is 4.57 Å². The third kappa shape index (κ3) is 2.26. The Kier molecular flexibility index (Phi) is 3.49. The molecule has 0 spiro atoms. The van der Waals surface area contributed by atoms with Gasteiger partial charge in [-0.15, -0.1) is 11.3 Å². The van der Waals surface area contributed by atoms with Crippen LogP contribution in [0.4, 0.5) is 0 Å². The first-order valence-electron chi connectivity index (χ1n) is 4.89. The SMILES string of the molecule is CSCC(C)c1cccn1-c1nccs1. The maximum absolute atomic E-state index is 4.34. The Morgan fingerprint density at radius 3 is 3.13 bits per heavy atom. The Morgan fingerprint density at radius 1 is 1.60 bits per heavy atom. The molecule has 1 unspecified atom stereocenters. The van der Waals surface area contributed by atoms with Crippen LogP contribution in [-0.2, 0) is 0 Å². The van der Waals surface area contributed by atoms with Gasteiger partial charge < -0.3 is 0 Å². The molecule has 0 aromatic carbocycles. The van der Waals surface area contributed by atoms with Crippen molar-refractivity contribution in [1.82, 2.24) is 9.55 Å². The Morgan fingerprint density at radius 2 is 2.47 bits per heavy atom. The lowest BCUT2D eigenvalue weighted by Crippen LogP contribution is -2.04. The van der Waals surface area contributed by atoms with Gasteiger partial charge >= 0.3 is 0 Å². The van der Waals surface area contributed by atoms with Crippen molar-refractivity contribution in [1.29, 1.82) is 0 Å². The number of hydrogen-bond donors (Lipinski definition) is 0. The normalized spacial score (nSPS) is 12.9. The summed E-state index contributed by atoms with van der Waals surface area (Å²) >= 11 is 3.56. The van der Waals surface area contributed by atoms with Crippen molar-refractivity contribution >= 4 is 23.1 Å². The highest BCUT2D eigenvalue weighted by molar-refractivity contribution is 7.98. The van der Waals surface area contributed by atoms with Crippen LogP contribution in [0.15, 0.2) is 29.9 Å². The van der Waals surface area contributed by atoms with Gasteiger partial charge in [0.05, 0.1) is 0 Å². The highest BCUT2D eigenvalue weighted by atomic mass is 32.2. The van der Waals surface area contributed by atoms with Crippen molar-refractivity contribution in [2.24, 2.45) is 0 Å². The maximum Gasteiger partial charge on any atom is 0.193 e. The molecule has 0 N–H and O–H groups in total. The fourth-order valence-electron chi connectivity index (χ4n) is 1.64. The van der Waals surface area contributed by atoms with Crippen LogP contribution in [0.2, 0.25) is 0 Å². The predicted octanol–water partition coefficient (Wildman–Crippen LogP) is 3.40. The first kappa shape index (κ1) is 10.8. The van der Waals surface area contributed by atoms with E-state index in [1.165, 1.54) is 5.69 Å². The lowest BCUT2D eigenvalue weighted by molar-refractivity contribution is 0.795. The number of thioether (sulfide) groups is 1. The van der Waals surface area contributed by atoms with Gasteiger partial charge in [-0.05, 0) is 18.4 Å². The Labute approximate surface area is 98.4 Å². The number of thiazole rings is 1. The number of hydrogen-bond acceptors (Lipinski definition) is 3. The van der Waals surface area contributed by atoms with Gasteiger partial charge in [-0.25, -0.2) is 4.98 Å². The van der Waals surface area contributed by atoms with Crippen molar-refractivity contribution in [3.63, 3.8) is 0 Å². The summed E-state index contributed by atoms with van der Waals surface area (Å²) < 4.78 is 2.19. The summed E-state index contributed by atoms with van der Waals surface area (Å²) in [5, 5.41) is 3.07. The molecule has 2 aromatic heterocycles. The molecule has 2 heterocycles. The molecule has 0 radical (unpaired) electrons. The minimum absolute atomic E-state index is 0.568. The molecule has 0 aliphatic rings. The molecule has 2 nitrogen and oxygen atoms in total. The van der Waals surface area contributed by atoms with Crippen molar-refractivity contribution in [3.05, 3.63) is 35.6 Å². The van der Waals surface area contributed by atoms with Gasteiger partial charge in [0, 0.05) is 35.1 Å². The molecule has 0 saturated carbocycles. The fourth-order valence-corrected chi connectivity index (χ4v) is 2.96. The van der Waals surface area contributed by atoms with Gasteiger partial charge in [0.15, 0.2) is 5.13 Å². The highest BCUT2D eigenvalue weighted by Gasteiger charge is 2.11. The van der Waals surface area contributed by atoms with Crippen molar-refractivity contribution in [2.75, 3.05) is 12.0 Å². The largest absolute Gasteiger partial charge is 0.297 e. The molecule has 0 amide bonds. The average molecular weight is 238 g/mol. The molecule has 0 fully saturated rings. The summed E-state index contributed by atoms with van der Waals surface area (Å²) in [6.07, 6.45) is 6.08. The van der Waals surface area contributed by atoms with E-state index in [-0.39, 0.29) is 0 Å². The molecular weight excluding hydrogens is 224 g/mol. The van der Waals surface area contributed by atoms with Crippen molar-refractivity contribution < 1.29 is 0 Å². The summed E-state index contributed by atoms with van der Waals surface area (Å²) in [4.78, 5) is 4.34. The molecule has 0 saturated heterocycles. The Balaban J connectivity index is 2.30. The number of rotatable bonds is 4. The van der Waals surface area contributed by atoms with Gasteiger partial charge in [-0.1, -0.05) is 6.92 Å². The van der Waals surface area contributed by atoms with Crippen LogP contribution in [0.3, 0.4) is 0 Å². The van der Waals surface area contributed by atoms with E-state index in [0.29, 0.717) is 5.92 Å². The van der Waals surface area contributed by atoms with Gasteiger partial charge in [0.1, 0.15) is 0 Å². The monoisotopic (exact) mass is 238 g/mol. The van der Waals surface area contributed by atoms with E-state index < -0.39 is 0 Å². The first-order valence-corrected chi connectivity index (χ1v) is 7.16. The van der Waals surface area contributed by atoms with E-state index in [9.17, 15) is 0 Å². The fraction of sp³-hybridized carbons (Fsp3) is 0.364. The molecule has 80 valence electrons. The summed E-state index contributed by atoms with van der Waals surface area (Å²) in [7, 11) is 0. The number of aromatic nitrogens is 2. The zero-order chi connectivity index (χ0) is 10.7.